The van der Waals surface area contributed by atoms with Crippen molar-refractivity contribution in [2.45, 2.75) is 13.0 Å². The predicted molar refractivity (Wildman–Crippen MR) is 72.5 cm³/mol. The quantitative estimate of drug-likeness (QED) is 0.910. The van der Waals surface area contributed by atoms with Crippen molar-refractivity contribution in [3.8, 4) is 5.75 Å². The fourth-order valence-corrected chi connectivity index (χ4v) is 1.83. The van der Waals surface area contributed by atoms with Crippen LogP contribution in [0.5, 0.6) is 5.75 Å². The predicted octanol–water partition coefficient (Wildman–Crippen LogP) is 1.99. The Bertz CT molecular complexity index is 555. The van der Waals surface area contributed by atoms with Gasteiger partial charge in [-0.25, -0.2) is 0 Å². The summed E-state index contributed by atoms with van der Waals surface area (Å²) in [6, 6.07) is 10.5. The first-order valence-electron chi connectivity index (χ1n) is 6.06. The molecule has 98 valence electrons. The normalized spacial score (nSPS) is 10.2. The van der Waals surface area contributed by atoms with Crippen LogP contribution in [-0.2, 0) is 17.8 Å². The minimum Gasteiger partial charge on any atom is -0.508 e. The summed E-state index contributed by atoms with van der Waals surface area (Å²) in [6.45, 7) is 0.556. The third kappa shape index (κ3) is 3.81. The Balaban J connectivity index is 1.96. The summed E-state index contributed by atoms with van der Waals surface area (Å²) in [5.41, 5.74) is 1.85. The van der Waals surface area contributed by atoms with Gasteiger partial charge in [0.15, 0.2) is 0 Å². The van der Waals surface area contributed by atoms with E-state index in [0.29, 0.717) is 6.54 Å². The Morgan fingerprint density at radius 3 is 2.63 bits per heavy atom. The van der Waals surface area contributed by atoms with Crippen molar-refractivity contribution in [1.82, 2.24) is 9.88 Å². The maximum Gasteiger partial charge on any atom is 0.227 e. The second-order valence-electron chi connectivity index (χ2n) is 4.45. The molecule has 0 radical (unpaired) electrons. The molecule has 0 fully saturated rings. The van der Waals surface area contributed by atoms with Crippen molar-refractivity contribution >= 4 is 5.91 Å². The molecule has 0 aliphatic rings. The first-order chi connectivity index (χ1) is 9.15. The third-order valence-corrected chi connectivity index (χ3v) is 2.86. The minimum absolute atomic E-state index is 0.0161. The lowest BCUT2D eigenvalue weighted by atomic mass is 10.1. The van der Waals surface area contributed by atoms with Gasteiger partial charge in [0.1, 0.15) is 5.75 Å². The molecule has 1 heterocycles. The SMILES string of the molecule is CN(Cc1ccncc1)C(=O)Cc1cccc(O)c1. The molecule has 0 bridgehead atoms. The molecule has 1 amide bonds. The summed E-state index contributed by atoms with van der Waals surface area (Å²) in [4.78, 5) is 17.7. The van der Waals surface area contributed by atoms with E-state index in [2.05, 4.69) is 4.98 Å². The van der Waals surface area contributed by atoms with E-state index in [1.165, 1.54) is 0 Å². The maximum atomic E-state index is 12.1. The Hall–Kier alpha value is -2.36. The molecule has 19 heavy (non-hydrogen) atoms. The van der Waals surface area contributed by atoms with E-state index in [1.807, 2.05) is 18.2 Å². The number of nitrogens with zero attached hydrogens (tertiary/aromatic N) is 2. The minimum atomic E-state index is 0.0161. The van der Waals surface area contributed by atoms with Crippen LogP contribution in [0.4, 0.5) is 0 Å². The Kier molecular flexibility index (Phi) is 4.13. The number of hydrogen-bond acceptors (Lipinski definition) is 3. The van der Waals surface area contributed by atoms with Gasteiger partial charge in [-0.15, -0.1) is 0 Å². The van der Waals surface area contributed by atoms with Gasteiger partial charge < -0.3 is 10.0 Å². The van der Waals surface area contributed by atoms with E-state index in [1.54, 1.807) is 42.5 Å². The van der Waals surface area contributed by atoms with Gasteiger partial charge in [-0.3, -0.25) is 9.78 Å². The summed E-state index contributed by atoms with van der Waals surface area (Å²) in [7, 11) is 1.77. The highest BCUT2D eigenvalue weighted by molar-refractivity contribution is 5.78. The molecule has 0 saturated carbocycles. The van der Waals surface area contributed by atoms with Crippen molar-refractivity contribution in [2.75, 3.05) is 7.05 Å². The van der Waals surface area contributed by atoms with E-state index >= 15 is 0 Å². The number of carbonyl (C=O) groups excluding carboxylic acids is 1. The van der Waals surface area contributed by atoms with Crippen LogP contribution in [0.2, 0.25) is 0 Å². The molecule has 2 aromatic rings. The number of phenolic OH excluding ortho intramolecular Hbond substituents is 1. The molecule has 2 rings (SSSR count). The molecule has 0 aliphatic heterocycles. The lowest BCUT2D eigenvalue weighted by Crippen LogP contribution is -2.27. The Morgan fingerprint density at radius 2 is 1.95 bits per heavy atom. The molecule has 0 unspecified atom stereocenters. The standard InChI is InChI=1S/C15H16N2O2/c1-17(11-12-5-7-16-8-6-12)15(19)10-13-3-2-4-14(18)9-13/h2-9,18H,10-11H2,1H3. The van der Waals surface area contributed by atoms with Crippen LogP contribution in [0.3, 0.4) is 0 Å². The van der Waals surface area contributed by atoms with Gasteiger partial charge in [0.05, 0.1) is 6.42 Å². The zero-order valence-corrected chi connectivity index (χ0v) is 10.8. The fourth-order valence-electron chi connectivity index (χ4n) is 1.83. The summed E-state index contributed by atoms with van der Waals surface area (Å²) in [5, 5.41) is 9.37. The number of hydrogen-bond donors (Lipinski definition) is 1. The van der Waals surface area contributed by atoms with E-state index in [0.717, 1.165) is 11.1 Å². The molecule has 1 N–H and O–H groups in total. The summed E-state index contributed by atoms with van der Waals surface area (Å²) in [5.74, 6) is 0.199. The second-order valence-corrected chi connectivity index (χ2v) is 4.45. The van der Waals surface area contributed by atoms with Crippen molar-refractivity contribution in [2.24, 2.45) is 0 Å². The van der Waals surface area contributed by atoms with Gasteiger partial charge in [-0.2, -0.15) is 0 Å². The van der Waals surface area contributed by atoms with Crippen LogP contribution in [0.25, 0.3) is 0 Å². The molecule has 0 spiro atoms. The molecular weight excluding hydrogens is 240 g/mol. The average molecular weight is 256 g/mol. The fraction of sp³-hybridized carbons (Fsp3) is 0.200. The van der Waals surface area contributed by atoms with E-state index < -0.39 is 0 Å². The van der Waals surface area contributed by atoms with E-state index in [-0.39, 0.29) is 18.1 Å². The Labute approximate surface area is 112 Å². The van der Waals surface area contributed by atoms with Crippen molar-refractivity contribution < 1.29 is 9.90 Å². The van der Waals surface area contributed by atoms with Crippen LogP contribution in [0.15, 0.2) is 48.8 Å². The average Bonchev–Trinajstić information content (AvgIpc) is 2.40. The Morgan fingerprint density at radius 1 is 1.21 bits per heavy atom. The molecule has 0 aliphatic carbocycles. The molecule has 4 nitrogen and oxygen atoms in total. The lowest BCUT2D eigenvalue weighted by Gasteiger charge is -2.17. The molecule has 0 atom stereocenters. The van der Waals surface area contributed by atoms with Gasteiger partial charge in [-0.1, -0.05) is 12.1 Å². The van der Waals surface area contributed by atoms with E-state index in [4.69, 9.17) is 0 Å². The molecule has 0 saturated heterocycles. The van der Waals surface area contributed by atoms with Crippen LogP contribution < -0.4 is 0 Å². The molecular formula is C15H16N2O2. The number of likely N-dealkylation sites (N-methyl/N-ethyl adjacent to an activating group) is 1. The zero-order valence-electron chi connectivity index (χ0n) is 10.8. The number of rotatable bonds is 4. The smallest absolute Gasteiger partial charge is 0.227 e. The number of amides is 1. The number of pyridine rings is 1. The van der Waals surface area contributed by atoms with Crippen LogP contribution in [0, 0.1) is 0 Å². The summed E-state index contributed by atoms with van der Waals surface area (Å²) >= 11 is 0. The number of benzene rings is 1. The van der Waals surface area contributed by atoms with Crippen molar-refractivity contribution in [1.29, 1.82) is 0 Å². The lowest BCUT2D eigenvalue weighted by molar-refractivity contribution is -0.129. The topological polar surface area (TPSA) is 53.4 Å². The molecule has 4 heteroatoms. The highest BCUT2D eigenvalue weighted by Gasteiger charge is 2.10. The molecule has 1 aromatic carbocycles. The number of carbonyl (C=O) groups is 1. The third-order valence-electron chi connectivity index (χ3n) is 2.86. The first-order valence-corrected chi connectivity index (χ1v) is 6.06. The zero-order chi connectivity index (χ0) is 13.7. The summed E-state index contributed by atoms with van der Waals surface area (Å²) < 4.78 is 0. The van der Waals surface area contributed by atoms with E-state index in [9.17, 15) is 9.90 Å². The van der Waals surface area contributed by atoms with Gasteiger partial charge in [0.25, 0.3) is 0 Å². The summed E-state index contributed by atoms with van der Waals surface area (Å²) in [6.07, 6.45) is 3.71. The monoisotopic (exact) mass is 256 g/mol. The van der Waals surface area contributed by atoms with Crippen LogP contribution >= 0.6 is 0 Å². The second kappa shape index (κ2) is 6.00. The number of phenols is 1. The number of aromatic nitrogens is 1. The number of aromatic hydroxyl groups is 1. The van der Waals surface area contributed by atoms with Crippen molar-refractivity contribution in [3.63, 3.8) is 0 Å². The largest absolute Gasteiger partial charge is 0.508 e. The highest BCUT2D eigenvalue weighted by Crippen LogP contribution is 2.12. The van der Waals surface area contributed by atoms with Crippen LogP contribution in [-0.4, -0.2) is 27.9 Å². The van der Waals surface area contributed by atoms with Gasteiger partial charge >= 0.3 is 0 Å². The molecule has 1 aromatic heterocycles. The van der Waals surface area contributed by atoms with Gasteiger partial charge in [0, 0.05) is 26.0 Å². The van der Waals surface area contributed by atoms with Gasteiger partial charge in [0.2, 0.25) is 5.91 Å². The van der Waals surface area contributed by atoms with Crippen LogP contribution in [0.1, 0.15) is 11.1 Å². The first kappa shape index (κ1) is 13.1. The highest BCUT2D eigenvalue weighted by atomic mass is 16.3. The maximum absolute atomic E-state index is 12.1. The van der Waals surface area contributed by atoms with Crippen molar-refractivity contribution in [3.05, 3.63) is 59.9 Å². The van der Waals surface area contributed by atoms with Gasteiger partial charge in [-0.05, 0) is 35.4 Å².